The van der Waals surface area contributed by atoms with Crippen LogP contribution in [-0.4, -0.2) is 15.2 Å². The second-order valence-electron chi connectivity index (χ2n) is 4.65. The maximum atomic E-state index is 6.10. The number of allylic oxidation sites excluding steroid dienone is 3. The summed E-state index contributed by atoms with van der Waals surface area (Å²) in [5, 5.41) is 8.60. The summed E-state index contributed by atoms with van der Waals surface area (Å²) in [7, 11) is 0. The van der Waals surface area contributed by atoms with Gasteiger partial charge in [0, 0.05) is 22.2 Å². The lowest BCUT2D eigenvalue weighted by molar-refractivity contribution is 1.09. The van der Waals surface area contributed by atoms with Crippen molar-refractivity contribution in [2.75, 3.05) is 0 Å². The number of aromatic nitrogens is 3. The van der Waals surface area contributed by atoms with E-state index >= 15 is 0 Å². The first-order chi connectivity index (χ1) is 10.2. The zero-order valence-corrected chi connectivity index (χ0v) is 12.4. The van der Waals surface area contributed by atoms with E-state index in [4.69, 9.17) is 16.6 Å². The van der Waals surface area contributed by atoms with Crippen molar-refractivity contribution in [1.29, 1.82) is 0 Å². The zero-order chi connectivity index (χ0) is 14.8. The third-order valence-corrected chi connectivity index (χ3v) is 3.64. The van der Waals surface area contributed by atoms with Crippen LogP contribution >= 0.6 is 11.6 Å². The van der Waals surface area contributed by atoms with Gasteiger partial charge in [0.1, 0.15) is 0 Å². The SMILES string of the molecule is C=C/C(=C\C)c1cc(-c2cn[nH]c2)c2ccc(Cl)cc2n1. The number of rotatable bonds is 3. The number of hydrogen-bond donors (Lipinski definition) is 1. The molecule has 21 heavy (non-hydrogen) atoms. The van der Waals surface area contributed by atoms with Gasteiger partial charge in [0.05, 0.1) is 17.4 Å². The van der Waals surface area contributed by atoms with Crippen molar-refractivity contribution in [1.82, 2.24) is 15.2 Å². The van der Waals surface area contributed by atoms with Crippen LogP contribution < -0.4 is 0 Å². The van der Waals surface area contributed by atoms with Crippen LogP contribution in [0.5, 0.6) is 0 Å². The van der Waals surface area contributed by atoms with Crippen LogP contribution in [0, 0.1) is 0 Å². The van der Waals surface area contributed by atoms with Gasteiger partial charge >= 0.3 is 0 Å². The molecule has 2 aromatic heterocycles. The van der Waals surface area contributed by atoms with Crippen molar-refractivity contribution in [2.45, 2.75) is 6.92 Å². The third-order valence-electron chi connectivity index (χ3n) is 3.41. The van der Waals surface area contributed by atoms with Crippen LogP contribution in [0.15, 0.2) is 55.4 Å². The Hall–Kier alpha value is -2.39. The van der Waals surface area contributed by atoms with Crippen LogP contribution in [0.25, 0.3) is 27.6 Å². The molecule has 1 N–H and O–H groups in total. The van der Waals surface area contributed by atoms with E-state index in [1.165, 1.54) is 0 Å². The number of H-pyrrole nitrogens is 1. The van der Waals surface area contributed by atoms with Gasteiger partial charge in [-0.25, -0.2) is 4.98 Å². The van der Waals surface area contributed by atoms with E-state index in [9.17, 15) is 0 Å². The van der Waals surface area contributed by atoms with E-state index in [2.05, 4.69) is 22.8 Å². The molecule has 0 spiro atoms. The topological polar surface area (TPSA) is 41.6 Å². The largest absolute Gasteiger partial charge is 0.285 e. The highest BCUT2D eigenvalue weighted by Crippen LogP contribution is 2.31. The van der Waals surface area contributed by atoms with E-state index < -0.39 is 0 Å². The van der Waals surface area contributed by atoms with E-state index in [0.29, 0.717) is 5.02 Å². The number of halogens is 1. The molecule has 0 aliphatic rings. The molecule has 0 saturated carbocycles. The van der Waals surface area contributed by atoms with Crippen molar-refractivity contribution in [3.8, 4) is 11.1 Å². The second kappa shape index (κ2) is 5.54. The van der Waals surface area contributed by atoms with Crippen molar-refractivity contribution < 1.29 is 0 Å². The van der Waals surface area contributed by atoms with E-state index in [1.54, 1.807) is 12.3 Å². The molecule has 4 heteroatoms. The van der Waals surface area contributed by atoms with Crippen molar-refractivity contribution in [3.63, 3.8) is 0 Å². The second-order valence-corrected chi connectivity index (χ2v) is 5.09. The smallest absolute Gasteiger partial charge is 0.0730 e. The summed E-state index contributed by atoms with van der Waals surface area (Å²) in [4.78, 5) is 4.69. The number of hydrogen-bond acceptors (Lipinski definition) is 2. The highest BCUT2D eigenvalue weighted by Gasteiger charge is 2.10. The Morgan fingerprint density at radius 2 is 2.19 bits per heavy atom. The molecule has 0 bridgehead atoms. The molecule has 1 aromatic carbocycles. The van der Waals surface area contributed by atoms with Crippen molar-refractivity contribution >= 4 is 28.1 Å². The summed E-state index contributed by atoms with van der Waals surface area (Å²) in [6.45, 7) is 5.82. The van der Waals surface area contributed by atoms with Crippen LogP contribution in [0.2, 0.25) is 5.02 Å². The average Bonchev–Trinajstić information content (AvgIpc) is 3.01. The van der Waals surface area contributed by atoms with E-state index in [1.807, 2.05) is 37.4 Å². The standard InChI is InChI=1S/C17H14ClN3/c1-3-11(4-2)16-8-15(12-9-19-20-10-12)14-6-5-13(18)7-17(14)21-16/h3-10H,1H2,2H3,(H,19,20)/b11-4+. The zero-order valence-electron chi connectivity index (χ0n) is 11.6. The number of nitrogens with zero attached hydrogens (tertiary/aromatic N) is 2. The van der Waals surface area contributed by atoms with Crippen LogP contribution in [0.1, 0.15) is 12.6 Å². The molecule has 0 fully saturated rings. The molecule has 0 saturated heterocycles. The fourth-order valence-electron chi connectivity index (χ4n) is 2.36. The number of nitrogens with one attached hydrogen (secondary N) is 1. The number of benzene rings is 1. The Morgan fingerprint density at radius 3 is 2.86 bits per heavy atom. The summed E-state index contributed by atoms with van der Waals surface area (Å²) in [5.41, 5.74) is 4.81. The van der Waals surface area contributed by atoms with Crippen LogP contribution in [0.4, 0.5) is 0 Å². The van der Waals surface area contributed by atoms with E-state index in [-0.39, 0.29) is 0 Å². The van der Waals surface area contributed by atoms with Gasteiger partial charge in [-0.1, -0.05) is 36.4 Å². The molecular formula is C17H14ClN3. The van der Waals surface area contributed by atoms with Crippen LogP contribution in [0.3, 0.4) is 0 Å². The monoisotopic (exact) mass is 295 g/mol. The minimum Gasteiger partial charge on any atom is -0.285 e. The summed E-state index contributed by atoms with van der Waals surface area (Å²) in [6, 6.07) is 7.79. The first-order valence-electron chi connectivity index (χ1n) is 6.61. The van der Waals surface area contributed by atoms with Gasteiger partial charge in [0.25, 0.3) is 0 Å². The molecule has 3 rings (SSSR count). The molecule has 0 aliphatic carbocycles. The highest BCUT2D eigenvalue weighted by molar-refractivity contribution is 6.31. The third kappa shape index (κ3) is 2.48. The van der Waals surface area contributed by atoms with Gasteiger partial charge in [-0.3, -0.25) is 5.10 Å². The molecular weight excluding hydrogens is 282 g/mol. The number of fused-ring (bicyclic) bond motifs is 1. The quantitative estimate of drug-likeness (QED) is 0.701. The summed E-state index contributed by atoms with van der Waals surface area (Å²) in [6.07, 6.45) is 7.47. The summed E-state index contributed by atoms with van der Waals surface area (Å²) < 4.78 is 0. The first kappa shape index (κ1) is 13.6. The fraction of sp³-hybridized carbons (Fsp3) is 0.0588. The molecule has 0 amide bonds. The van der Waals surface area contributed by atoms with Gasteiger partial charge in [0.15, 0.2) is 0 Å². The minimum absolute atomic E-state index is 0.672. The van der Waals surface area contributed by atoms with Gasteiger partial charge < -0.3 is 0 Å². The number of aromatic amines is 1. The van der Waals surface area contributed by atoms with E-state index in [0.717, 1.165) is 33.3 Å². The fourth-order valence-corrected chi connectivity index (χ4v) is 2.52. The molecule has 0 radical (unpaired) electrons. The molecule has 0 atom stereocenters. The Labute approximate surface area is 128 Å². The Kier molecular flexibility index (Phi) is 3.59. The van der Waals surface area contributed by atoms with Gasteiger partial charge in [-0.05, 0) is 36.3 Å². The maximum Gasteiger partial charge on any atom is 0.0730 e. The average molecular weight is 296 g/mol. The predicted octanol–water partition coefficient (Wildman–Crippen LogP) is 4.87. The maximum absolute atomic E-state index is 6.10. The van der Waals surface area contributed by atoms with Crippen LogP contribution in [-0.2, 0) is 0 Å². The number of pyridine rings is 1. The molecule has 2 heterocycles. The Morgan fingerprint density at radius 1 is 1.33 bits per heavy atom. The molecule has 3 aromatic rings. The molecule has 3 nitrogen and oxygen atoms in total. The molecule has 104 valence electrons. The molecule has 0 unspecified atom stereocenters. The first-order valence-corrected chi connectivity index (χ1v) is 6.99. The van der Waals surface area contributed by atoms with Gasteiger partial charge in [-0.15, -0.1) is 0 Å². The lowest BCUT2D eigenvalue weighted by Gasteiger charge is -2.09. The minimum atomic E-state index is 0.672. The van der Waals surface area contributed by atoms with Crippen molar-refractivity contribution in [2.24, 2.45) is 0 Å². The Balaban J connectivity index is 2.36. The summed E-state index contributed by atoms with van der Waals surface area (Å²) >= 11 is 6.10. The lowest BCUT2D eigenvalue weighted by Crippen LogP contribution is -1.91. The summed E-state index contributed by atoms with van der Waals surface area (Å²) in [5.74, 6) is 0. The predicted molar refractivity (Wildman–Crippen MR) is 88.2 cm³/mol. The highest BCUT2D eigenvalue weighted by atomic mass is 35.5. The van der Waals surface area contributed by atoms with Crippen molar-refractivity contribution in [3.05, 3.63) is 66.1 Å². The molecule has 0 aliphatic heterocycles. The normalized spacial score (nSPS) is 11.8. The van der Waals surface area contributed by atoms with Gasteiger partial charge in [0.2, 0.25) is 0 Å². The Bertz CT molecular complexity index is 833. The van der Waals surface area contributed by atoms with Gasteiger partial charge in [-0.2, -0.15) is 5.10 Å². The lowest BCUT2D eigenvalue weighted by atomic mass is 10.0.